The maximum absolute atomic E-state index is 6.33. The van der Waals surface area contributed by atoms with Crippen LogP contribution >= 0.6 is 23.2 Å². The number of alkyl halides is 1. The molecule has 1 N–H and O–H groups in total. The van der Waals surface area contributed by atoms with E-state index in [-0.39, 0.29) is 0 Å². The molecule has 1 heterocycles. The van der Waals surface area contributed by atoms with Gasteiger partial charge in [0.25, 0.3) is 0 Å². The fraction of sp³-hybridized carbons (Fsp3) is 0.769. The van der Waals surface area contributed by atoms with Crippen molar-refractivity contribution in [2.75, 3.05) is 0 Å². The van der Waals surface area contributed by atoms with E-state index in [1.165, 1.54) is 0 Å². The van der Waals surface area contributed by atoms with E-state index in [4.69, 9.17) is 23.2 Å². The molecule has 1 fully saturated rings. The lowest BCUT2D eigenvalue weighted by Crippen LogP contribution is -2.33. The smallest absolute Gasteiger partial charge is 0.0863 e. The van der Waals surface area contributed by atoms with Crippen molar-refractivity contribution in [1.82, 2.24) is 15.1 Å². The monoisotopic (exact) mass is 289 g/mol. The fourth-order valence-corrected chi connectivity index (χ4v) is 3.12. The van der Waals surface area contributed by atoms with Crippen LogP contribution in [0.2, 0.25) is 5.02 Å². The van der Waals surface area contributed by atoms with Crippen molar-refractivity contribution in [3.8, 4) is 0 Å². The molecule has 0 unspecified atom stereocenters. The topological polar surface area (TPSA) is 29.9 Å². The van der Waals surface area contributed by atoms with Crippen LogP contribution < -0.4 is 5.32 Å². The summed E-state index contributed by atoms with van der Waals surface area (Å²) < 4.78 is 1.89. The van der Waals surface area contributed by atoms with Gasteiger partial charge in [-0.05, 0) is 32.1 Å². The molecule has 0 bridgehead atoms. The zero-order valence-corrected chi connectivity index (χ0v) is 12.6. The maximum atomic E-state index is 6.33. The molecule has 2 rings (SSSR count). The lowest BCUT2D eigenvalue weighted by molar-refractivity contribution is 0.372. The predicted octanol–water partition coefficient (Wildman–Crippen LogP) is 3.28. The van der Waals surface area contributed by atoms with Crippen molar-refractivity contribution in [2.24, 2.45) is 7.05 Å². The quantitative estimate of drug-likeness (QED) is 0.862. The van der Waals surface area contributed by atoms with E-state index in [0.29, 0.717) is 11.4 Å². The summed E-state index contributed by atoms with van der Waals surface area (Å²) in [6.45, 7) is 2.87. The zero-order chi connectivity index (χ0) is 13.1. The second-order valence-corrected chi connectivity index (χ2v) is 6.01. The number of hydrogen-bond donors (Lipinski definition) is 1. The third-order valence-corrected chi connectivity index (χ3v) is 4.59. The van der Waals surface area contributed by atoms with Crippen LogP contribution in [-0.4, -0.2) is 21.2 Å². The van der Waals surface area contributed by atoms with E-state index in [0.717, 1.165) is 55.1 Å². The van der Waals surface area contributed by atoms with Crippen LogP contribution in [0.5, 0.6) is 0 Å². The first kappa shape index (κ1) is 14.2. The van der Waals surface area contributed by atoms with Crippen molar-refractivity contribution in [3.63, 3.8) is 0 Å². The number of halogens is 2. The Labute approximate surface area is 119 Å². The van der Waals surface area contributed by atoms with Gasteiger partial charge in [-0.15, -0.1) is 11.6 Å². The second kappa shape index (κ2) is 6.27. The molecule has 0 amide bonds. The molecule has 0 aromatic carbocycles. The summed E-state index contributed by atoms with van der Waals surface area (Å²) in [5, 5.41) is 9.19. The molecular formula is C13H21Cl2N3. The Morgan fingerprint density at radius 3 is 2.56 bits per heavy atom. The molecule has 1 aliphatic rings. The summed E-state index contributed by atoms with van der Waals surface area (Å²) >= 11 is 12.4. The van der Waals surface area contributed by atoms with Crippen molar-refractivity contribution < 1.29 is 0 Å². The van der Waals surface area contributed by atoms with Gasteiger partial charge < -0.3 is 5.32 Å². The van der Waals surface area contributed by atoms with Crippen molar-refractivity contribution in [1.29, 1.82) is 0 Å². The highest BCUT2D eigenvalue weighted by atomic mass is 35.5. The molecule has 0 radical (unpaired) electrons. The number of nitrogens with zero attached hydrogens (tertiary/aromatic N) is 2. The standard InChI is InChI=1S/C13H21Cl2N3/c1-3-11-13(15)12(18(2)17-11)8-16-10-6-4-9(14)5-7-10/h9-10,16H,3-8H2,1-2H3. The van der Waals surface area contributed by atoms with Gasteiger partial charge >= 0.3 is 0 Å². The lowest BCUT2D eigenvalue weighted by atomic mass is 9.95. The van der Waals surface area contributed by atoms with Crippen LogP contribution in [0.1, 0.15) is 44.0 Å². The second-order valence-electron chi connectivity index (χ2n) is 5.01. The average Bonchev–Trinajstić information content (AvgIpc) is 2.64. The van der Waals surface area contributed by atoms with Crippen LogP contribution in [-0.2, 0) is 20.0 Å². The van der Waals surface area contributed by atoms with Gasteiger partial charge in [-0.3, -0.25) is 4.68 Å². The summed E-state index contributed by atoms with van der Waals surface area (Å²) in [4.78, 5) is 0. The van der Waals surface area contributed by atoms with E-state index in [1.54, 1.807) is 0 Å². The molecule has 3 nitrogen and oxygen atoms in total. The Morgan fingerprint density at radius 2 is 2.00 bits per heavy atom. The average molecular weight is 290 g/mol. The first-order valence-electron chi connectivity index (χ1n) is 6.69. The molecule has 1 aromatic heterocycles. The van der Waals surface area contributed by atoms with Gasteiger partial charge in [0, 0.05) is 25.0 Å². The van der Waals surface area contributed by atoms with Crippen molar-refractivity contribution in [2.45, 2.75) is 57.0 Å². The van der Waals surface area contributed by atoms with Crippen LogP contribution in [0.4, 0.5) is 0 Å². The van der Waals surface area contributed by atoms with E-state index < -0.39 is 0 Å². The minimum atomic E-state index is 0.370. The Balaban J connectivity index is 1.92. The molecule has 0 atom stereocenters. The minimum Gasteiger partial charge on any atom is -0.308 e. The predicted molar refractivity (Wildman–Crippen MR) is 76.3 cm³/mol. The van der Waals surface area contributed by atoms with E-state index in [2.05, 4.69) is 17.3 Å². The minimum absolute atomic E-state index is 0.370. The molecular weight excluding hydrogens is 269 g/mol. The Hall–Kier alpha value is -0.250. The third kappa shape index (κ3) is 3.19. The van der Waals surface area contributed by atoms with Crippen LogP contribution in [0, 0.1) is 0 Å². The molecule has 18 heavy (non-hydrogen) atoms. The van der Waals surface area contributed by atoms with E-state index >= 15 is 0 Å². The number of hydrogen-bond acceptors (Lipinski definition) is 2. The van der Waals surface area contributed by atoms with Crippen LogP contribution in [0.15, 0.2) is 0 Å². The third-order valence-electron chi connectivity index (χ3n) is 3.72. The molecule has 0 spiro atoms. The number of rotatable bonds is 4. The van der Waals surface area contributed by atoms with Crippen LogP contribution in [0.25, 0.3) is 0 Å². The summed E-state index contributed by atoms with van der Waals surface area (Å²) in [6, 6.07) is 0.566. The van der Waals surface area contributed by atoms with E-state index in [9.17, 15) is 0 Å². The molecule has 1 aromatic rings. The summed E-state index contributed by atoms with van der Waals surface area (Å²) in [5.41, 5.74) is 2.07. The molecule has 0 saturated heterocycles. The summed E-state index contributed by atoms with van der Waals surface area (Å²) in [5.74, 6) is 0. The van der Waals surface area contributed by atoms with Gasteiger partial charge in [-0.2, -0.15) is 5.10 Å². The number of aromatic nitrogens is 2. The van der Waals surface area contributed by atoms with Gasteiger partial charge in [0.1, 0.15) is 0 Å². The highest BCUT2D eigenvalue weighted by molar-refractivity contribution is 6.31. The largest absolute Gasteiger partial charge is 0.308 e. The Morgan fingerprint density at radius 1 is 1.33 bits per heavy atom. The maximum Gasteiger partial charge on any atom is 0.0863 e. The normalized spacial score (nSPS) is 24.4. The molecule has 1 saturated carbocycles. The zero-order valence-electron chi connectivity index (χ0n) is 11.0. The SMILES string of the molecule is CCc1nn(C)c(CNC2CCC(Cl)CC2)c1Cl. The molecule has 5 heteroatoms. The molecule has 0 aliphatic heterocycles. The van der Waals surface area contributed by atoms with Gasteiger partial charge in [-0.1, -0.05) is 18.5 Å². The van der Waals surface area contributed by atoms with Crippen molar-refractivity contribution >= 4 is 23.2 Å². The molecule has 102 valence electrons. The van der Waals surface area contributed by atoms with Gasteiger partial charge in [0.05, 0.1) is 16.4 Å². The Bertz CT molecular complexity index is 395. The number of nitrogens with one attached hydrogen (secondary N) is 1. The number of aryl methyl sites for hydroxylation is 2. The molecule has 1 aliphatic carbocycles. The van der Waals surface area contributed by atoms with E-state index in [1.807, 2.05) is 11.7 Å². The lowest BCUT2D eigenvalue weighted by Gasteiger charge is -2.26. The van der Waals surface area contributed by atoms with Gasteiger partial charge in [0.2, 0.25) is 0 Å². The highest BCUT2D eigenvalue weighted by Crippen LogP contribution is 2.24. The van der Waals surface area contributed by atoms with Gasteiger partial charge in [-0.25, -0.2) is 0 Å². The van der Waals surface area contributed by atoms with Gasteiger partial charge in [0.15, 0.2) is 0 Å². The van der Waals surface area contributed by atoms with Crippen LogP contribution in [0.3, 0.4) is 0 Å². The van der Waals surface area contributed by atoms with Crippen molar-refractivity contribution in [3.05, 3.63) is 16.4 Å². The highest BCUT2D eigenvalue weighted by Gasteiger charge is 2.20. The summed E-state index contributed by atoms with van der Waals surface area (Å²) in [7, 11) is 1.96. The Kier molecular flexibility index (Phi) is 4.93. The first-order chi connectivity index (χ1) is 8.61. The fourth-order valence-electron chi connectivity index (χ4n) is 2.51. The first-order valence-corrected chi connectivity index (χ1v) is 7.51. The summed E-state index contributed by atoms with van der Waals surface area (Å²) in [6.07, 6.45) is 5.41.